The van der Waals surface area contributed by atoms with Crippen LogP contribution in [0.25, 0.3) is 0 Å². The van der Waals surface area contributed by atoms with E-state index in [1.807, 2.05) is 13.1 Å². The smallest absolute Gasteiger partial charge is 0.147 e. The van der Waals surface area contributed by atoms with Gasteiger partial charge in [-0.25, -0.2) is 4.98 Å². The van der Waals surface area contributed by atoms with Gasteiger partial charge in [0.05, 0.1) is 5.02 Å². The molecule has 4 heteroatoms. The van der Waals surface area contributed by atoms with Crippen LogP contribution >= 0.6 is 11.6 Å². The van der Waals surface area contributed by atoms with Gasteiger partial charge < -0.3 is 10.6 Å². The number of rotatable bonds is 4. The average molecular weight is 240 g/mol. The highest BCUT2D eigenvalue weighted by Gasteiger charge is 2.33. The van der Waals surface area contributed by atoms with Gasteiger partial charge in [-0.15, -0.1) is 0 Å². The van der Waals surface area contributed by atoms with Crippen molar-refractivity contribution in [1.82, 2.24) is 4.98 Å². The molecule has 0 spiro atoms. The van der Waals surface area contributed by atoms with E-state index < -0.39 is 0 Å². The van der Waals surface area contributed by atoms with E-state index >= 15 is 0 Å². The number of pyridine rings is 1. The molecule has 2 atom stereocenters. The zero-order valence-corrected chi connectivity index (χ0v) is 10.5. The van der Waals surface area contributed by atoms with Gasteiger partial charge >= 0.3 is 0 Å². The molecule has 2 N–H and O–H groups in total. The molecule has 0 aromatic carbocycles. The second-order valence-corrected chi connectivity index (χ2v) is 5.04. The first-order valence-electron chi connectivity index (χ1n) is 5.68. The fraction of sp³-hybridized carbons (Fsp3) is 0.583. The first kappa shape index (κ1) is 11.7. The molecule has 1 saturated carbocycles. The summed E-state index contributed by atoms with van der Waals surface area (Å²) in [6.45, 7) is 3.77. The van der Waals surface area contributed by atoms with Crippen molar-refractivity contribution < 1.29 is 0 Å². The Labute approximate surface area is 102 Å². The fourth-order valence-corrected chi connectivity index (χ4v) is 2.32. The minimum Gasteiger partial charge on any atom is -0.358 e. The van der Waals surface area contributed by atoms with E-state index in [9.17, 15) is 0 Å². The molecule has 1 aromatic rings. The van der Waals surface area contributed by atoms with E-state index in [4.69, 9.17) is 17.3 Å². The lowest BCUT2D eigenvalue weighted by molar-refractivity contribution is 0.719. The van der Waals surface area contributed by atoms with Crippen LogP contribution in [0, 0.1) is 11.8 Å². The van der Waals surface area contributed by atoms with Gasteiger partial charge in [0.1, 0.15) is 5.82 Å². The van der Waals surface area contributed by atoms with Crippen LogP contribution in [0.5, 0.6) is 0 Å². The Morgan fingerprint density at radius 3 is 2.88 bits per heavy atom. The van der Waals surface area contributed by atoms with Gasteiger partial charge in [0.25, 0.3) is 0 Å². The van der Waals surface area contributed by atoms with Crippen LogP contribution in [0.2, 0.25) is 5.02 Å². The van der Waals surface area contributed by atoms with Crippen molar-refractivity contribution in [1.29, 1.82) is 0 Å². The topological polar surface area (TPSA) is 42.2 Å². The maximum Gasteiger partial charge on any atom is 0.147 e. The molecular formula is C12H18ClN3. The van der Waals surface area contributed by atoms with Crippen molar-refractivity contribution in [2.24, 2.45) is 17.6 Å². The number of hydrogen-bond donors (Lipinski definition) is 1. The van der Waals surface area contributed by atoms with Gasteiger partial charge in [-0.1, -0.05) is 18.5 Å². The number of nitrogens with zero attached hydrogens (tertiary/aromatic N) is 2. The van der Waals surface area contributed by atoms with Crippen molar-refractivity contribution in [3.05, 3.63) is 22.8 Å². The van der Waals surface area contributed by atoms with E-state index in [0.29, 0.717) is 11.6 Å². The highest BCUT2D eigenvalue weighted by atomic mass is 35.5. The molecule has 16 heavy (non-hydrogen) atoms. The summed E-state index contributed by atoms with van der Waals surface area (Å²) >= 11 is 6.26. The normalized spacial score (nSPS) is 23.2. The van der Waals surface area contributed by atoms with Crippen molar-refractivity contribution in [2.75, 3.05) is 18.5 Å². The monoisotopic (exact) mass is 239 g/mol. The van der Waals surface area contributed by atoms with Crippen molar-refractivity contribution >= 4 is 17.4 Å². The Kier molecular flexibility index (Phi) is 3.36. The molecule has 1 aromatic heterocycles. The molecule has 1 heterocycles. The Morgan fingerprint density at radius 1 is 1.62 bits per heavy atom. The minimum atomic E-state index is 0.460. The number of anilines is 1. The highest BCUT2D eigenvalue weighted by molar-refractivity contribution is 6.33. The molecule has 2 unspecified atom stereocenters. The Balaban J connectivity index is 2.12. The standard InChI is InChI=1S/C12H18ClN3/c1-8-5-10(8)7-16(2)12-11(13)9(6-14)3-4-15-12/h3-4,8,10H,5-7,14H2,1-2H3. The summed E-state index contributed by atoms with van der Waals surface area (Å²) in [5.74, 6) is 2.49. The second kappa shape index (κ2) is 4.60. The number of halogens is 1. The molecule has 1 fully saturated rings. The van der Waals surface area contributed by atoms with Crippen LogP contribution in [0.15, 0.2) is 12.3 Å². The number of nitrogens with two attached hydrogens (primary N) is 1. The van der Waals surface area contributed by atoms with Crippen LogP contribution in [0.4, 0.5) is 5.82 Å². The van der Waals surface area contributed by atoms with Crippen LogP contribution in [-0.4, -0.2) is 18.6 Å². The van der Waals surface area contributed by atoms with Gasteiger partial charge in [-0.2, -0.15) is 0 Å². The predicted octanol–water partition coefficient (Wildman–Crippen LogP) is 2.29. The Bertz CT molecular complexity index is 381. The SMILES string of the molecule is CC1CC1CN(C)c1nccc(CN)c1Cl. The molecular weight excluding hydrogens is 222 g/mol. The molecule has 0 bridgehead atoms. The van der Waals surface area contributed by atoms with Gasteiger partial charge in [0.2, 0.25) is 0 Å². The highest BCUT2D eigenvalue weighted by Crippen LogP contribution is 2.39. The molecule has 3 nitrogen and oxygen atoms in total. The van der Waals surface area contributed by atoms with Gasteiger partial charge in [-0.05, 0) is 29.9 Å². The molecule has 0 aliphatic heterocycles. The first-order valence-corrected chi connectivity index (χ1v) is 6.06. The van der Waals surface area contributed by atoms with E-state index in [2.05, 4.69) is 16.8 Å². The van der Waals surface area contributed by atoms with E-state index in [1.54, 1.807) is 6.20 Å². The van der Waals surface area contributed by atoms with Crippen molar-refractivity contribution in [2.45, 2.75) is 19.9 Å². The predicted molar refractivity (Wildman–Crippen MR) is 67.7 cm³/mol. The summed E-state index contributed by atoms with van der Waals surface area (Å²) in [6.07, 6.45) is 3.09. The van der Waals surface area contributed by atoms with Crippen molar-refractivity contribution in [3.8, 4) is 0 Å². The quantitative estimate of drug-likeness (QED) is 0.877. The lowest BCUT2D eigenvalue weighted by atomic mass is 10.2. The van der Waals surface area contributed by atoms with Gasteiger partial charge in [-0.3, -0.25) is 0 Å². The van der Waals surface area contributed by atoms with Gasteiger partial charge in [0, 0.05) is 26.3 Å². The third-order valence-corrected chi connectivity index (χ3v) is 3.73. The fourth-order valence-electron chi connectivity index (χ4n) is 1.99. The summed E-state index contributed by atoms with van der Waals surface area (Å²) < 4.78 is 0. The molecule has 0 radical (unpaired) electrons. The van der Waals surface area contributed by atoms with Crippen LogP contribution in [0.1, 0.15) is 18.9 Å². The van der Waals surface area contributed by atoms with Crippen molar-refractivity contribution in [3.63, 3.8) is 0 Å². The summed E-state index contributed by atoms with van der Waals surface area (Å²) in [5, 5.41) is 0.695. The van der Waals surface area contributed by atoms with E-state index in [0.717, 1.165) is 29.8 Å². The molecule has 2 rings (SSSR count). The summed E-state index contributed by atoms with van der Waals surface area (Å²) in [6, 6.07) is 1.87. The van der Waals surface area contributed by atoms with E-state index in [-0.39, 0.29) is 0 Å². The lowest BCUT2D eigenvalue weighted by Gasteiger charge is -2.20. The average Bonchev–Trinajstić information content (AvgIpc) is 2.94. The molecule has 0 saturated heterocycles. The largest absolute Gasteiger partial charge is 0.358 e. The summed E-state index contributed by atoms with van der Waals surface area (Å²) in [5.41, 5.74) is 6.59. The van der Waals surface area contributed by atoms with Crippen LogP contribution < -0.4 is 10.6 Å². The molecule has 1 aliphatic carbocycles. The van der Waals surface area contributed by atoms with E-state index in [1.165, 1.54) is 6.42 Å². The molecule has 0 amide bonds. The third kappa shape index (κ3) is 2.30. The Morgan fingerprint density at radius 2 is 2.31 bits per heavy atom. The molecule has 88 valence electrons. The van der Waals surface area contributed by atoms with Crippen LogP contribution in [0.3, 0.4) is 0 Å². The summed E-state index contributed by atoms with van der Waals surface area (Å²) in [7, 11) is 2.04. The van der Waals surface area contributed by atoms with Gasteiger partial charge in [0.15, 0.2) is 0 Å². The minimum absolute atomic E-state index is 0.460. The number of aromatic nitrogens is 1. The lowest BCUT2D eigenvalue weighted by Crippen LogP contribution is -2.22. The zero-order valence-electron chi connectivity index (χ0n) is 9.78. The number of hydrogen-bond acceptors (Lipinski definition) is 3. The van der Waals surface area contributed by atoms with Crippen LogP contribution in [-0.2, 0) is 6.54 Å². The third-order valence-electron chi connectivity index (χ3n) is 3.32. The Hall–Kier alpha value is -0.800. The summed E-state index contributed by atoms with van der Waals surface area (Å²) in [4.78, 5) is 6.47. The molecule has 1 aliphatic rings. The first-order chi connectivity index (χ1) is 7.63. The second-order valence-electron chi connectivity index (χ2n) is 4.67. The zero-order chi connectivity index (χ0) is 11.7. The maximum atomic E-state index is 6.26. The maximum absolute atomic E-state index is 6.26.